The number of hydrogen-bond acceptors (Lipinski definition) is 4. The summed E-state index contributed by atoms with van der Waals surface area (Å²) in [4.78, 5) is 19.1. The minimum Gasteiger partial charge on any atom is -0.493 e. The molecule has 2 aromatic heterocycles. The van der Waals surface area contributed by atoms with Crippen molar-refractivity contribution in [1.82, 2.24) is 14.8 Å². The fraction of sp³-hybridized carbons (Fsp3) is 0.318. The van der Waals surface area contributed by atoms with Crippen molar-refractivity contribution in [2.75, 3.05) is 18.1 Å². The minimum atomic E-state index is -4.55. The molecule has 0 saturated carbocycles. The van der Waals surface area contributed by atoms with Crippen molar-refractivity contribution in [3.63, 3.8) is 0 Å². The van der Waals surface area contributed by atoms with Crippen LogP contribution in [0, 0.1) is 6.92 Å². The van der Waals surface area contributed by atoms with Crippen molar-refractivity contribution in [2.24, 2.45) is 0 Å². The summed E-state index contributed by atoms with van der Waals surface area (Å²) in [5.74, 6) is -0.626. The maximum absolute atomic E-state index is 13.4. The highest BCUT2D eigenvalue weighted by Crippen LogP contribution is 2.40. The van der Waals surface area contributed by atoms with E-state index in [0.717, 1.165) is 17.3 Å². The molecule has 0 saturated heterocycles. The summed E-state index contributed by atoms with van der Waals surface area (Å²) in [6, 6.07) is 7.03. The number of aromatic nitrogens is 3. The van der Waals surface area contributed by atoms with E-state index in [9.17, 15) is 18.0 Å². The van der Waals surface area contributed by atoms with Crippen LogP contribution in [0.25, 0.3) is 11.1 Å². The summed E-state index contributed by atoms with van der Waals surface area (Å²) < 4.78 is 46.9. The van der Waals surface area contributed by atoms with E-state index in [1.165, 1.54) is 17.0 Å². The van der Waals surface area contributed by atoms with Gasteiger partial charge in [0, 0.05) is 35.8 Å². The van der Waals surface area contributed by atoms with Crippen molar-refractivity contribution in [2.45, 2.75) is 33.0 Å². The molecule has 0 spiro atoms. The summed E-state index contributed by atoms with van der Waals surface area (Å²) in [5, 5.41) is 4.39. The Bertz CT molecular complexity index is 1140. The summed E-state index contributed by atoms with van der Waals surface area (Å²) in [5.41, 5.74) is 2.13. The zero-order valence-electron chi connectivity index (χ0n) is 17.3. The smallest absolute Gasteiger partial charge is 0.419 e. The molecule has 0 aliphatic carbocycles. The van der Waals surface area contributed by atoms with Gasteiger partial charge >= 0.3 is 6.18 Å². The Labute approximate surface area is 177 Å². The number of carbonyl (C=O) groups is 1. The minimum absolute atomic E-state index is 0.0786. The number of ether oxygens (including phenoxy) is 1. The summed E-state index contributed by atoms with van der Waals surface area (Å²) in [6.07, 6.45) is -1.25. The first-order valence-corrected chi connectivity index (χ1v) is 9.87. The molecular weight excluding hydrogens is 409 g/mol. The zero-order chi connectivity index (χ0) is 22.3. The number of rotatable bonds is 4. The third-order valence-electron chi connectivity index (χ3n) is 5.20. The summed E-state index contributed by atoms with van der Waals surface area (Å²) in [7, 11) is 0. The number of hydrogen-bond donors (Lipinski definition) is 0. The molecule has 1 atom stereocenters. The van der Waals surface area contributed by atoms with Crippen LogP contribution in [-0.4, -0.2) is 33.8 Å². The van der Waals surface area contributed by atoms with E-state index in [4.69, 9.17) is 4.74 Å². The number of halogens is 3. The van der Waals surface area contributed by atoms with Gasteiger partial charge in [0.2, 0.25) is 0 Å². The van der Waals surface area contributed by atoms with Crippen molar-refractivity contribution in [1.29, 1.82) is 0 Å². The van der Waals surface area contributed by atoms with Crippen molar-refractivity contribution < 1.29 is 22.7 Å². The maximum Gasteiger partial charge on any atom is 0.419 e. The van der Waals surface area contributed by atoms with Crippen LogP contribution < -0.4 is 9.64 Å². The van der Waals surface area contributed by atoms with Gasteiger partial charge in [-0.05, 0) is 50.6 Å². The number of fused-ring (bicyclic) bond motifs is 1. The fourth-order valence-electron chi connectivity index (χ4n) is 3.80. The average Bonchev–Trinajstić information content (AvgIpc) is 3.16. The number of anilines is 1. The zero-order valence-corrected chi connectivity index (χ0v) is 17.3. The lowest BCUT2D eigenvalue weighted by Gasteiger charge is -2.33. The number of pyridine rings is 1. The molecule has 1 aromatic carbocycles. The SMILES string of the molecule is CCOc1cc(N2C[C@H](C)n3ncc(-c4ccnc(C)c4)c3C2=O)ccc1C(F)(F)F. The Morgan fingerprint density at radius 1 is 1.23 bits per heavy atom. The Morgan fingerprint density at radius 2 is 2.00 bits per heavy atom. The van der Waals surface area contributed by atoms with Gasteiger partial charge < -0.3 is 9.64 Å². The predicted molar refractivity (Wildman–Crippen MR) is 109 cm³/mol. The first kappa shape index (κ1) is 20.9. The lowest BCUT2D eigenvalue weighted by molar-refractivity contribution is -0.138. The van der Waals surface area contributed by atoms with E-state index in [1.54, 1.807) is 30.1 Å². The van der Waals surface area contributed by atoms with Crippen LogP contribution >= 0.6 is 0 Å². The number of benzene rings is 1. The fourth-order valence-corrected chi connectivity index (χ4v) is 3.80. The molecule has 6 nitrogen and oxygen atoms in total. The molecule has 3 aromatic rings. The van der Waals surface area contributed by atoms with E-state index in [1.807, 2.05) is 19.9 Å². The van der Waals surface area contributed by atoms with Crippen LogP contribution in [-0.2, 0) is 6.18 Å². The quantitative estimate of drug-likeness (QED) is 0.591. The molecule has 0 fully saturated rings. The molecule has 162 valence electrons. The van der Waals surface area contributed by atoms with Crippen molar-refractivity contribution in [3.05, 3.63) is 59.7 Å². The third-order valence-corrected chi connectivity index (χ3v) is 5.20. The second-order valence-corrected chi connectivity index (χ2v) is 7.41. The van der Waals surface area contributed by atoms with E-state index in [2.05, 4.69) is 10.1 Å². The first-order valence-electron chi connectivity index (χ1n) is 9.87. The summed E-state index contributed by atoms with van der Waals surface area (Å²) >= 11 is 0. The molecule has 0 unspecified atom stereocenters. The summed E-state index contributed by atoms with van der Waals surface area (Å²) in [6.45, 7) is 5.73. The van der Waals surface area contributed by atoms with E-state index >= 15 is 0 Å². The van der Waals surface area contributed by atoms with Gasteiger partial charge in [-0.25, -0.2) is 0 Å². The second kappa shape index (κ2) is 7.72. The van der Waals surface area contributed by atoms with Crippen LogP contribution in [0.2, 0.25) is 0 Å². The Morgan fingerprint density at radius 3 is 2.68 bits per heavy atom. The van der Waals surface area contributed by atoms with Gasteiger partial charge in [-0.3, -0.25) is 14.5 Å². The molecule has 31 heavy (non-hydrogen) atoms. The highest BCUT2D eigenvalue weighted by molar-refractivity contribution is 6.09. The van der Waals surface area contributed by atoms with Crippen molar-refractivity contribution >= 4 is 11.6 Å². The highest BCUT2D eigenvalue weighted by Gasteiger charge is 2.37. The largest absolute Gasteiger partial charge is 0.493 e. The third kappa shape index (κ3) is 3.75. The Kier molecular flexibility index (Phi) is 5.20. The second-order valence-electron chi connectivity index (χ2n) is 7.41. The molecule has 0 N–H and O–H groups in total. The van der Waals surface area contributed by atoms with E-state index < -0.39 is 11.7 Å². The Balaban J connectivity index is 1.78. The Hall–Kier alpha value is -3.36. The van der Waals surface area contributed by atoms with Gasteiger partial charge in [0.05, 0.1) is 24.4 Å². The first-order chi connectivity index (χ1) is 14.7. The van der Waals surface area contributed by atoms with Crippen LogP contribution in [0.15, 0.2) is 42.7 Å². The molecule has 4 rings (SSSR count). The number of amides is 1. The normalized spacial score (nSPS) is 16.4. The van der Waals surface area contributed by atoms with Crippen LogP contribution in [0.1, 0.15) is 41.6 Å². The average molecular weight is 430 g/mol. The molecule has 1 aliphatic heterocycles. The number of nitrogens with zero attached hydrogens (tertiary/aromatic N) is 4. The van der Waals surface area contributed by atoms with Gasteiger partial charge in [-0.2, -0.15) is 18.3 Å². The topological polar surface area (TPSA) is 60.2 Å². The lowest BCUT2D eigenvalue weighted by Crippen LogP contribution is -2.42. The van der Waals surface area contributed by atoms with Crippen LogP contribution in [0.3, 0.4) is 0 Å². The number of carbonyl (C=O) groups excluding carboxylic acids is 1. The number of aryl methyl sites for hydroxylation is 1. The molecule has 9 heteroatoms. The van der Waals surface area contributed by atoms with Crippen LogP contribution in [0.5, 0.6) is 5.75 Å². The van der Waals surface area contributed by atoms with Gasteiger partial charge in [0.15, 0.2) is 0 Å². The number of alkyl halides is 3. The molecule has 1 aliphatic rings. The van der Waals surface area contributed by atoms with Crippen LogP contribution in [0.4, 0.5) is 18.9 Å². The molecular formula is C22H21F3N4O2. The van der Waals surface area contributed by atoms with Crippen molar-refractivity contribution in [3.8, 4) is 16.9 Å². The van der Waals surface area contributed by atoms with Gasteiger partial charge in [0.1, 0.15) is 11.4 Å². The van der Waals surface area contributed by atoms with E-state index in [-0.39, 0.29) is 30.9 Å². The molecule has 1 amide bonds. The van der Waals surface area contributed by atoms with Gasteiger partial charge in [-0.15, -0.1) is 0 Å². The van der Waals surface area contributed by atoms with E-state index in [0.29, 0.717) is 16.9 Å². The van der Waals surface area contributed by atoms with Gasteiger partial charge in [-0.1, -0.05) is 0 Å². The molecule has 3 heterocycles. The highest BCUT2D eigenvalue weighted by atomic mass is 19.4. The maximum atomic E-state index is 13.4. The lowest BCUT2D eigenvalue weighted by atomic mass is 10.0. The molecule has 0 bridgehead atoms. The monoisotopic (exact) mass is 430 g/mol. The van der Waals surface area contributed by atoms with Gasteiger partial charge in [0.25, 0.3) is 5.91 Å². The predicted octanol–water partition coefficient (Wildman–Crippen LogP) is 4.89. The standard InChI is InChI=1S/C22H21F3N4O2/c1-4-31-19-10-16(5-6-18(19)22(23,24)25)28-12-14(3)29-20(21(28)30)17(11-27-29)15-7-8-26-13(2)9-15/h5-11,14H,4,12H2,1-3H3/t14-/m0/s1. The molecule has 0 radical (unpaired) electrons.